The molecule has 0 unspecified atom stereocenters. The van der Waals surface area contributed by atoms with Gasteiger partial charge >= 0.3 is 6.03 Å². The monoisotopic (exact) mass is 427 g/mol. The van der Waals surface area contributed by atoms with Crippen molar-refractivity contribution in [1.82, 2.24) is 15.3 Å². The number of carbonyl (C=O) groups excluding carboxylic acids is 1. The van der Waals surface area contributed by atoms with Gasteiger partial charge < -0.3 is 15.4 Å². The fourth-order valence-electron chi connectivity index (χ4n) is 2.89. The van der Waals surface area contributed by atoms with Gasteiger partial charge in [-0.1, -0.05) is 18.2 Å². The zero-order valence-corrected chi connectivity index (χ0v) is 17.2. The summed E-state index contributed by atoms with van der Waals surface area (Å²) in [7, 11) is 1.59. The van der Waals surface area contributed by atoms with Crippen molar-refractivity contribution in [3.8, 4) is 0 Å². The van der Waals surface area contributed by atoms with E-state index in [1.165, 1.54) is 41.4 Å². The van der Waals surface area contributed by atoms with Crippen molar-refractivity contribution in [2.24, 2.45) is 0 Å². The molecule has 0 aliphatic heterocycles. The third-order valence-electron chi connectivity index (χ3n) is 4.34. The van der Waals surface area contributed by atoms with Crippen LogP contribution in [0.5, 0.6) is 0 Å². The number of hydrogen-bond acceptors (Lipinski definition) is 5. The molecule has 0 radical (unpaired) electrons. The van der Waals surface area contributed by atoms with Gasteiger partial charge in [-0.2, -0.15) is 4.98 Å². The van der Waals surface area contributed by atoms with Crippen molar-refractivity contribution in [3.63, 3.8) is 0 Å². The molecule has 9 heteroatoms. The molecule has 31 heavy (non-hydrogen) atoms. The first-order chi connectivity index (χ1) is 15.0. The van der Waals surface area contributed by atoms with E-state index < -0.39 is 17.7 Å². The van der Waals surface area contributed by atoms with E-state index in [2.05, 4.69) is 20.6 Å². The SMILES string of the molecule is COC[C@H](C)Nc1nccc(N(C(=O)NCc2ccccc2F)c2ccc(F)cc2)n1. The highest BCUT2D eigenvalue weighted by molar-refractivity contribution is 5.98. The number of carbonyl (C=O) groups is 1. The molecule has 0 saturated heterocycles. The molecule has 2 amide bonds. The van der Waals surface area contributed by atoms with E-state index in [0.29, 0.717) is 23.8 Å². The Morgan fingerprint density at radius 1 is 1.13 bits per heavy atom. The van der Waals surface area contributed by atoms with Gasteiger partial charge in [0.2, 0.25) is 5.95 Å². The Hall–Kier alpha value is -3.59. The largest absolute Gasteiger partial charge is 0.383 e. The molecule has 0 aliphatic carbocycles. The summed E-state index contributed by atoms with van der Waals surface area (Å²) in [6, 6.07) is 12.5. The quantitative estimate of drug-likeness (QED) is 0.562. The number of urea groups is 1. The Bertz CT molecular complexity index is 1020. The first kappa shape index (κ1) is 22.1. The number of anilines is 3. The second-order valence-corrected chi connectivity index (χ2v) is 6.80. The molecule has 2 N–H and O–H groups in total. The molecular weight excluding hydrogens is 404 g/mol. The fraction of sp³-hybridized carbons (Fsp3) is 0.227. The highest BCUT2D eigenvalue weighted by Crippen LogP contribution is 2.25. The van der Waals surface area contributed by atoms with E-state index in [9.17, 15) is 13.6 Å². The highest BCUT2D eigenvalue weighted by atomic mass is 19.1. The van der Waals surface area contributed by atoms with Gasteiger partial charge in [0.15, 0.2) is 0 Å². The van der Waals surface area contributed by atoms with E-state index in [1.54, 1.807) is 31.4 Å². The predicted molar refractivity (Wildman–Crippen MR) is 114 cm³/mol. The van der Waals surface area contributed by atoms with Gasteiger partial charge in [0.05, 0.1) is 12.3 Å². The van der Waals surface area contributed by atoms with Crippen molar-refractivity contribution >= 4 is 23.5 Å². The van der Waals surface area contributed by atoms with Crippen LogP contribution in [0.4, 0.5) is 31.0 Å². The first-order valence-electron chi connectivity index (χ1n) is 9.63. The lowest BCUT2D eigenvalue weighted by Crippen LogP contribution is -2.37. The van der Waals surface area contributed by atoms with Crippen LogP contribution in [0.25, 0.3) is 0 Å². The van der Waals surface area contributed by atoms with Gasteiger partial charge in [-0.3, -0.25) is 0 Å². The van der Waals surface area contributed by atoms with Crippen LogP contribution >= 0.6 is 0 Å². The molecule has 0 fully saturated rings. The third kappa shape index (κ3) is 5.95. The van der Waals surface area contributed by atoms with Crippen molar-refractivity contribution in [3.05, 3.63) is 78.0 Å². The average Bonchev–Trinajstić information content (AvgIpc) is 2.75. The number of nitrogens with one attached hydrogen (secondary N) is 2. The minimum absolute atomic E-state index is 0.0235. The minimum Gasteiger partial charge on any atom is -0.383 e. The molecule has 0 aliphatic rings. The molecular formula is C22H23F2N5O2. The number of aromatic nitrogens is 2. The van der Waals surface area contributed by atoms with Gasteiger partial charge in [0, 0.05) is 37.5 Å². The molecule has 1 heterocycles. The van der Waals surface area contributed by atoms with Gasteiger partial charge in [-0.05, 0) is 37.3 Å². The Morgan fingerprint density at radius 3 is 2.58 bits per heavy atom. The fourth-order valence-corrected chi connectivity index (χ4v) is 2.89. The van der Waals surface area contributed by atoms with E-state index >= 15 is 0 Å². The maximum Gasteiger partial charge on any atom is 0.327 e. The zero-order valence-electron chi connectivity index (χ0n) is 17.2. The number of rotatable bonds is 8. The molecule has 3 rings (SSSR count). The summed E-state index contributed by atoms with van der Waals surface area (Å²) in [6.45, 7) is 2.32. The molecule has 2 aromatic carbocycles. The van der Waals surface area contributed by atoms with Gasteiger partial charge in [0.25, 0.3) is 0 Å². The second kappa shape index (κ2) is 10.4. The lowest BCUT2D eigenvalue weighted by molar-refractivity contribution is 0.190. The molecule has 0 spiro atoms. The molecule has 1 aromatic heterocycles. The highest BCUT2D eigenvalue weighted by Gasteiger charge is 2.21. The van der Waals surface area contributed by atoms with Crippen LogP contribution in [0.2, 0.25) is 0 Å². The third-order valence-corrected chi connectivity index (χ3v) is 4.34. The summed E-state index contributed by atoms with van der Waals surface area (Å²) in [5, 5.41) is 5.77. The minimum atomic E-state index is -0.551. The topological polar surface area (TPSA) is 79.4 Å². The summed E-state index contributed by atoms with van der Waals surface area (Å²) in [5.41, 5.74) is 0.732. The standard InChI is InChI=1S/C22H23F2N5O2/c1-15(14-31-2)27-21-25-12-11-20(28-21)29(18-9-7-17(23)8-10-18)22(30)26-13-16-5-3-4-6-19(16)24/h3-12,15H,13-14H2,1-2H3,(H,26,30)(H,25,27,28)/t15-/m0/s1. The number of halogens is 2. The van der Waals surface area contributed by atoms with Crippen LogP contribution in [0.1, 0.15) is 12.5 Å². The van der Waals surface area contributed by atoms with Crippen molar-refractivity contribution in [1.29, 1.82) is 0 Å². The van der Waals surface area contributed by atoms with Gasteiger partial charge in [-0.15, -0.1) is 0 Å². The Balaban J connectivity index is 1.87. The zero-order chi connectivity index (χ0) is 22.2. The Labute approximate surface area is 179 Å². The summed E-state index contributed by atoms with van der Waals surface area (Å²) >= 11 is 0. The van der Waals surface area contributed by atoms with Crippen LogP contribution in [0.15, 0.2) is 60.8 Å². The van der Waals surface area contributed by atoms with Gasteiger partial charge in [-0.25, -0.2) is 23.5 Å². The van der Waals surface area contributed by atoms with Crippen LogP contribution < -0.4 is 15.5 Å². The van der Waals surface area contributed by atoms with E-state index in [-0.39, 0.29) is 18.4 Å². The summed E-state index contributed by atoms with van der Waals surface area (Å²) in [6.07, 6.45) is 1.50. The lowest BCUT2D eigenvalue weighted by atomic mass is 10.2. The van der Waals surface area contributed by atoms with E-state index in [0.717, 1.165) is 0 Å². The summed E-state index contributed by atoms with van der Waals surface area (Å²) in [5.74, 6) is -0.290. The number of benzene rings is 2. The molecule has 0 saturated carbocycles. The van der Waals surface area contributed by atoms with Crippen molar-refractivity contribution in [2.45, 2.75) is 19.5 Å². The number of amides is 2. The average molecular weight is 427 g/mol. The van der Waals surface area contributed by atoms with Crippen LogP contribution in [0, 0.1) is 11.6 Å². The molecule has 1 atom stereocenters. The number of ether oxygens (including phenoxy) is 1. The first-order valence-corrected chi connectivity index (χ1v) is 9.63. The van der Waals surface area contributed by atoms with Crippen LogP contribution in [-0.2, 0) is 11.3 Å². The molecule has 0 bridgehead atoms. The maximum atomic E-state index is 13.9. The van der Waals surface area contributed by atoms with Crippen molar-refractivity contribution < 1.29 is 18.3 Å². The normalized spacial score (nSPS) is 11.6. The Kier molecular flexibility index (Phi) is 7.45. The molecule has 3 aromatic rings. The van der Waals surface area contributed by atoms with Gasteiger partial charge in [0.1, 0.15) is 17.5 Å². The number of hydrogen-bond donors (Lipinski definition) is 2. The predicted octanol–water partition coefficient (Wildman–Crippen LogP) is 4.25. The number of nitrogens with zero attached hydrogens (tertiary/aromatic N) is 3. The van der Waals surface area contributed by atoms with E-state index in [4.69, 9.17) is 4.74 Å². The van der Waals surface area contributed by atoms with Crippen molar-refractivity contribution in [2.75, 3.05) is 23.9 Å². The smallest absolute Gasteiger partial charge is 0.327 e. The Morgan fingerprint density at radius 2 is 1.87 bits per heavy atom. The summed E-state index contributed by atoms with van der Waals surface area (Å²) in [4.78, 5) is 22.9. The molecule has 162 valence electrons. The second-order valence-electron chi connectivity index (χ2n) is 6.80. The lowest BCUT2D eigenvalue weighted by Gasteiger charge is -2.23. The summed E-state index contributed by atoms with van der Waals surface area (Å²) < 4.78 is 32.5. The van der Waals surface area contributed by atoms with E-state index in [1.807, 2.05) is 6.92 Å². The van der Waals surface area contributed by atoms with Crippen LogP contribution in [0.3, 0.4) is 0 Å². The maximum absolute atomic E-state index is 13.9. The van der Waals surface area contributed by atoms with Crippen LogP contribution in [-0.4, -0.2) is 35.8 Å². The number of methoxy groups -OCH3 is 1. The molecule has 7 nitrogen and oxygen atoms in total.